The summed E-state index contributed by atoms with van der Waals surface area (Å²) in [6, 6.07) is 2.74. The number of carbonyl (C=O) groups is 2. The summed E-state index contributed by atoms with van der Waals surface area (Å²) in [7, 11) is 0. The molecule has 0 N–H and O–H groups in total. The zero-order valence-electron chi connectivity index (χ0n) is 12.6. The quantitative estimate of drug-likeness (QED) is 0.185. The Kier molecular flexibility index (Phi) is 5.85. The molecule has 0 aliphatic heterocycles. The van der Waals surface area contributed by atoms with Gasteiger partial charge in [-0.2, -0.15) is 9.47 Å². The molecule has 0 aliphatic rings. The third-order valence-electron chi connectivity index (χ3n) is 2.88. The molecule has 0 spiro atoms. The lowest BCUT2D eigenvalue weighted by atomic mass is 10.0. The van der Waals surface area contributed by atoms with Gasteiger partial charge < -0.3 is 19.9 Å². The predicted molar refractivity (Wildman–Crippen MR) is 75.9 cm³/mol. The summed E-state index contributed by atoms with van der Waals surface area (Å²) in [6.07, 6.45) is 3.39. The number of hydroxylamine groups is 1. The van der Waals surface area contributed by atoms with E-state index in [0.717, 1.165) is 13.1 Å². The summed E-state index contributed by atoms with van der Waals surface area (Å²) < 4.78 is 10.3. The van der Waals surface area contributed by atoms with Crippen LogP contribution in [0.5, 0.6) is 0 Å². The van der Waals surface area contributed by atoms with E-state index in [-0.39, 0.29) is 18.0 Å². The monoisotopic (exact) mass is 310 g/mol. The van der Waals surface area contributed by atoms with Crippen molar-refractivity contribution in [2.75, 3.05) is 13.2 Å². The molecule has 0 saturated carbocycles. The van der Waals surface area contributed by atoms with Gasteiger partial charge in [0.1, 0.15) is 0 Å². The van der Waals surface area contributed by atoms with Crippen LogP contribution in [0.15, 0.2) is 24.5 Å². The van der Waals surface area contributed by atoms with E-state index < -0.39 is 17.5 Å². The van der Waals surface area contributed by atoms with Crippen LogP contribution in [0.1, 0.15) is 26.3 Å². The minimum absolute atomic E-state index is 0.0171. The number of rotatable bonds is 6. The molecule has 0 radical (unpaired) electrons. The Labute approximate surface area is 127 Å². The first-order valence-electron chi connectivity index (χ1n) is 6.70. The zero-order valence-corrected chi connectivity index (χ0v) is 12.6. The van der Waals surface area contributed by atoms with Crippen molar-refractivity contribution < 1.29 is 28.5 Å². The van der Waals surface area contributed by atoms with E-state index in [1.165, 1.54) is 24.5 Å². The van der Waals surface area contributed by atoms with E-state index in [1.807, 2.05) is 0 Å². The first kappa shape index (κ1) is 17.4. The minimum atomic E-state index is -2.16. The number of carbonyl (C=O) groups excluding carboxylic acids is 2. The van der Waals surface area contributed by atoms with Crippen LogP contribution in [0.25, 0.3) is 0 Å². The summed E-state index contributed by atoms with van der Waals surface area (Å²) >= 11 is 0. The van der Waals surface area contributed by atoms with Gasteiger partial charge in [0.2, 0.25) is 0 Å². The Morgan fingerprint density at radius 3 is 2.09 bits per heavy atom. The van der Waals surface area contributed by atoms with Crippen LogP contribution in [-0.2, 0) is 19.1 Å². The Balaban J connectivity index is 3.21. The Hall–Kier alpha value is -2.64. The first-order valence-corrected chi connectivity index (χ1v) is 6.70. The number of nitrogens with zero attached hydrogens (tertiary/aromatic N) is 2. The number of hydrogen-bond acceptors (Lipinski definition) is 6. The second-order valence-corrected chi connectivity index (χ2v) is 4.46. The molecule has 1 aromatic rings. The van der Waals surface area contributed by atoms with E-state index in [2.05, 4.69) is 0 Å². The molecule has 22 heavy (non-hydrogen) atoms. The Bertz CT molecular complexity index is 549. The van der Waals surface area contributed by atoms with Gasteiger partial charge in [-0.05, 0) is 13.8 Å². The molecule has 0 unspecified atom stereocenters. The van der Waals surface area contributed by atoms with Crippen LogP contribution in [0.3, 0.4) is 0 Å². The molecule has 1 rings (SSSR count). The predicted octanol–water partition coefficient (Wildman–Crippen LogP) is 0.134. The molecule has 0 amide bonds. The highest BCUT2D eigenvalue weighted by atomic mass is 16.6. The molecule has 0 saturated heterocycles. The van der Waals surface area contributed by atoms with Gasteiger partial charge in [-0.25, -0.2) is 9.59 Å². The third-order valence-corrected chi connectivity index (χ3v) is 2.88. The summed E-state index contributed by atoms with van der Waals surface area (Å²) in [5.74, 6) is -2.01. The summed E-state index contributed by atoms with van der Waals surface area (Å²) in [4.78, 5) is 24.1. The molecule has 0 aliphatic carbocycles. The molecule has 0 fully saturated rings. The highest BCUT2D eigenvalue weighted by Crippen LogP contribution is 2.15. The molecule has 0 bridgehead atoms. The van der Waals surface area contributed by atoms with Gasteiger partial charge in [-0.3, -0.25) is 0 Å². The van der Waals surface area contributed by atoms with E-state index in [9.17, 15) is 20.0 Å². The second kappa shape index (κ2) is 7.39. The largest absolute Gasteiger partial charge is 0.623 e. The van der Waals surface area contributed by atoms with Gasteiger partial charge in [0.25, 0.3) is 0 Å². The Morgan fingerprint density at radius 2 is 1.68 bits per heavy atom. The lowest BCUT2D eigenvalue weighted by Gasteiger charge is -2.23. The van der Waals surface area contributed by atoms with Gasteiger partial charge in [-0.15, -0.1) is 0 Å². The normalized spacial score (nSPS) is 11.9. The van der Waals surface area contributed by atoms with E-state index in [4.69, 9.17) is 9.47 Å². The number of pyridine rings is 1. The van der Waals surface area contributed by atoms with Crippen LogP contribution >= 0.6 is 0 Å². The van der Waals surface area contributed by atoms with Crippen molar-refractivity contribution in [2.24, 2.45) is 0 Å². The summed E-state index contributed by atoms with van der Waals surface area (Å²) in [6.45, 7) is 4.29. The SMILES string of the molecule is CCOC(=O)C(C)(C(=O)OCC)/[N+]([O-])=C\c1cc[n+]([O-])cc1. The number of ether oxygens (including phenoxy) is 2. The van der Waals surface area contributed by atoms with E-state index >= 15 is 0 Å². The third kappa shape index (κ3) is 3.72. The van der Waals surface area contributed by atoms with Crippen molar-refractivity contribution in [1.82, 2.24) is 0 Å². The first-order chi connectivity index (χ1) is 10.4. The summed E-state index contributed by atoms with van der Waals surface area (Å²) in [5.41, 5.74) is -1.81. The summed E-state index contributed by atoms with van der Waals surface area (Å²) in [5, 5.41) is 23.3. The maximum atomic E-state index is 12.3. The van der Waals surface area contributed by atoms with Crippen molar-refractivity contribution in [1.29, 1.82) is 0 Å². The van der Waals surface area contributed by atoms with Crippen LogP contribution in [0, 0.1) is 10.4 Å². The maximum absolute atomic E-state index is 12.3. The smallest absolute Gasteiger partial charge is 0.392 e. The van der Waals surface area contributed by atoms with Crippen molar-refractivity contribution >= 4 is 18.2 Å². The van der Waals surface area contributed by atoms with Gasteiger partial charge >= 0.3 is 17.5 Å². The molecule has 0 aromatic carbocycles. The highest BCUT2D eigenvalue weighted by Gasteiger charge is 2.53. The van der Waals surface area contributed by atoms with Gasteiger partial charge in [0.15, 0.2) is 18.6 Å². The van der Waals surface area contributed by atoms with Crippen LogP contribution in [0.4, 0.5) is 0 Å². The second-order valence-electron chi connectivity index (χ2n) is 4.46. The molecule has 120 valence electrons. The fraction of sp³-hybridized carbons (Fsp3) is 0.429. The molecule has 8 heteroatoms. The molecule has 8 nitrogen and oxygen atoms in total. The van der Waals surface area contributed by atoms with Crippen molar-refractivity contribution in [3.63, 3.8) is 0 Å². The Morgan fingerprint density at radius 1 is 1.23 bits per heavy atom. The minimum Gasteiger partial charge on any atom is -0.623 e. The van der Waals surface area contributed by atoms with Crippen molar-refractivity contribution in [3.05, 3.63) is 40.5 Å². The maximum Gasteiger partial charge on any atom is 0.392 e. The van der Waals surface area contributed by atoms with Gasteiger partial charge in [0, 0.05) is 19.1 Å². The number of esters is 2. The lowest BCUT2D eigenvalue weighted by molar-refractivity contribution is -0.605. The van der Waals surface area contributed by atoms with Crippen LogP contribution < -0.4 is 4.73 Å². The van der Waals surface area contributed by atoms with E-state index in [1.54, 1.807) is 13.8 Å². The van der Waals surface area contributed by atoms with Gasteiger partial charge in [-0.1, -0.05) is 0 Å². The topological polar surface area (TPSA) is 106 Å². The van der Waals surface area contributed by atoms with Crippen LogP contribution in [0.2, 0.25) is 0 Å². The molecule has 1 heterocycles. The molecule has 0 atom stereocenters. The van der Waals surface area contributed by atoms with Gasteiger partial charge in [0.05, 0.1) is 18.8 Å². The number of aromatic nitrogens is 1. The van der Waals surface area contributed by atoms with Crippen molar-refractivity contribution in [2.45, 2.75) is 26.3 Å². The van der Waals surface area contributed by atoms with Crippen LogP contribution in [-0.4, -0.2) is 41.6 Å². The molecular formula is C14H18N2O6. The van der Waals surface area contributed by atoms with Crippen molar-refractivity contribution in [3.8, 4) is 0 Å². The lowest BCUT2D eigenvalue weighted by Crippen LogP contribution is -2.53. The highest BCUT2D eigenvalue weighted by molar-refractivity contribution is 6.03. The average Bonchev–Trinajstić information content (AvgIpc) is 2.49. The van der Waals surface area contributed by atoms with E-state index in [0.29, 0.717) is 10.3 Å². The zero-order chi connectivity index (χ0) is 16.8. The fourth-order valence-corrected chi connectivity index (χ4v) is 1.58. The number of hydrogen-bond donors (Lipinski definition) is 0. The molecular weight excluding hydrogens is 292 g/mol. The average molecular weight is 310 g/mol. The molecule has 1 aromatic heterocycles. The fourth-order valence-electron chi connectivity index (χ4n) is 1.58. The standard InChI is InChI=1S/C14H18N2O6/c1-4-21-12(17)14(3,13(18)22-5-2)16(20)10-11-6-8-15(19)9-7-11/h6-10H,4-5H2,1-3H3/b16-10+.